The van der Waals surface area contributed by atoms with Crippen molar-refractivity contribution in [3.8, 4) is 0 Å². The predicted molar refractivity (Wildman–Crippen MR) is 110 cm³/mol. The molecule has 0 aliphatic carbocycles. The summed E-state index contributed by atoms with van der Waals surface area (Å²) in [5, 5.41) is 0. The first-order chi connectivity index (χ1) is 14.5. The minimum Gasteiger partial charge on any atom is -0.466 e. The maximum Gasteiger partial charge on any atom is 0.354 e. The quantitative estimate of drug-likeness (QED) is 0.652. The average molecular weight is 412 g/mol. The molecular weight excluding hydrogens is 387 g/mol. The number of halogens is 1. The van der Waals surface area contributed by atoms with Crippen LogP contribution in [-0.2, 0) is 32.0 Å². The van der Waals surface area contributed by atoms with Gasteiger partial charge in [0.2, 0.25) is 0 Å². The maximum atomic E-state index is 13.2. The lowest BCUT2D eigenvalue weighted by Crippen LogP contribution is -2.47. The van der Waals surface area contributed by atoms with E-state index in [1.807, 2.05) is 35.2 Å². The molecule has 158 valence electrons. The van der Waals surface area contributed by atoms with Crippen molar-refractivity contribution in [3.05, 3.63) is 82.8 Å². The third-order valence-corrected chi connectivity index (χ3v) is 5.01. The van der Waals surface area contributed by atoms with Crippen LogP contribution in [0.25, 0.3) is 0 Å². The van der Waals surface area contributed by atoms with E-state index < -0.39 is 11.9 Å². The zero-order valence-electron chi connectivity index (χ0n) is 17.1. The monoisotopic (exact) mass is 412 g/mol. The van der Waals surface area contributed by atoms with Crippen molar-refractivity contribution >= 4 is 11.9 Å². The van der Waals surface area contributed by atoms with Gasteiger partial charge < -0.3 is 14.4 Å². The third kappa shape index (κ3) is 5.24. The van der Waals surface area contributed by atoms with Crippen molar-refractivity contribution in [2.45, 2.75) is 13.0 Å². The summed E-state index contributed by atoms with van der Waals surface area (Å²) in [7, 11) is 2.59. The number of nitrogens with zero attached hydrogens (tertiary/aromatic N) is 2. The summed E-state index contributed by atoms with van der Waals surface area (Å²) in [6.07, 6.45) is 0.682. The number of rotatable bonds is 7. The molecule has 1 aliphatic heterocycles. The van der Waals surface area contributed by atoms with Gasteiger partial charge >= 0.3 is 11.9 Å². The van der Waals surface area contributed by atoms with Gasteiger partial charge in [0.25, 0.3) is 0 Å². The van der Waals surface area contributed by atoms with Crippen LogP contribution in [0, 0.1) is 5.82 Å². The Morgan fingerprint density at radius 2 is 1.60 bits per heavy atom. The predicted octanol–water partition coefficient (Wildman–Crippen LogP) is 2.74. The van der Waals surface area contributed by atoms with Gasteiger partial charge in [-0.1, -0.05) is 42.5 Å². The van der Waals surface area contributed by atoms with E-state index in [2.05, 4.69) is 4.90 Å². The molecule has 0 spiro atoms. The Hall–Kier alpha value is -3.19. The molecule has 1 aliphatic rings. The zero-order valence-corrected chi connectivity index (χ0v) is 17.1. The van der Waals surface area contributed by atoms with Gasteiger partial charge in [0.05, 0.1) is 26.5 Å². The minimum absolute atomic E-state index is 0.228. The van der Waals surface area contributed by atoms with Gasteiger partial charge in [0.15, 0.2) is 0 Å². The van der Waals surface area contributed by atoms with Crippen molar-refractivity contribution < 1.29 is 23.5 Å². The summed E-state index contributed by atoms with van der Waals surface area (Å²) in [5.74, 6) is -1.39. The molecule has 0 aromatic heterocycles. The number of carbonyl (C=O) groups is 2. The molecule has 3 rings (SSSR count). The number of ether oxygens (including phenoxy) is 2. The highest BCUT2D eigenvalue weighted by molar-refractivity contribution is 6.00. The molecular formula is C23H25FN2O4. The molecule has 0 atom stereocenters. The van der Waals surface area contributed by atoms with Gasteiger partial charge in [-0.2, -0.15) is 0 Å². The molecule has 0 saturated heterocycles. The van der Waals surface area contributed by atoms with Crippen LogP contribution in [0.15, 0.2) is 65.9 Å². The molecule has 0 radical (unpaired) electrons. The Bertz CT molecular complexity index is 913. The first-order valence-electron chi connectivity index (χ1n) is 9.67. The van der Waals surface area contributed by atoms with E-state index in [1.54, 1.807) is 12.1 Å². The number of carbonyl (C=O) groups excluding carboxylic acids is 2. The van der Waals surface area contributed by atoms with Crippen LogP contribution in [0.5, 0.6) is 0 Å². The van der Waals surface area contributed by atoms with E-state index in [4.69, 9.17) is 9.47 Å². The van der Waals surface area contributed by atoms with Crippen LogP contribution in [0.1, 0.15) is 11.1 Å². The SMILES string of the molecule is COC(=O)C1=C(C(=O)OC)N(Cc2ccccc2)CN(CCc2ccc(F)cc2)C1. The van der Waals surface area contributed by atoms with E-state index in [1.165, 1.54) is 26.4 Å². The van der Waals surface area contributed by atoms with Crippen molar-refractivity contribution in [1.82, 2.24) is 9.80 Å². The minimum atomic E-state index is -0.565. The van der Waals surface area contributed by atoms with Crippen LogP contribution in [0.3, 0.4) is 0 Å². The number of methoxy groups -OCH3 is 2. The average Bonchev–Trinajstić information content (AvgIpc) is 2.78. The van der Waals surface area contributed by atoms with Gasteiger partial charge in [-0.25, -0.2) is 14.0 Å². The highest BCUT2D eigenvalue weighted by Crippen LogP contribution is 2.24. The molecule has 0 unspecified atom stereocenters. The molecule has 2 aromatic carbocycles. The molecule has 0 saturated carbocycles. The summed E-state index contributed by atoms with van der Waals surface area (Å²) < 4.78 is 23.0. The molecule has 0 bridgehead atoms. The van der Waals surface area contributed by atoms with Crippen molar-refractivity contribution in [2.75, 3.05) is 34.0 Å². The maximum absolute atomic E-state index is 13.2. The zero-order chi connectivity index (χ0) is 21.5. The number of hydrogen-bond acceptors (Lipinski definition) is 6. The lowest BCUT2D eigenvalue weighted by atomic mass is 10.1. The van der Waals surface area contributed by atoms with Gasteiger partial charge in [0.1, 0.15) is 11.5 Å². The fraction of sp³-hybridized carbons (Fsp3) is 0.304. The second kappa shape index (κ2) is 10.0. The molecule has 0 amide bonds. The molecule has 30 heavy (non-hydrogen) atoms. The van der Waals surface area contributed by atoms with Crippen LogP contribution >= 0.6 is 0 Å². The molecule has 7 heteroatoms. The largest absolute Gasteiger partial charge is 0.466 e. The molecule has 0 fully saturated rings. The molecule has 6 nitrogen and oxygen atoms in total. The summed E-state index contributed by atoms with van der Waals surface area (Å²) in [6, 6.07) is 16.1. The van der Waals surface area contributed by atoms with E-state index in [0.29, 0.717) is 26.2 Å². The standard InChI is InChI=1S/C23H25FN2O4/c1-29-22(27)20-15-25(13-12-17-8-10-19(24)11-9-17)16-26(21(20)23(28)30-2)14-18-6-4-3-5-7-18/h3-11H,12-16H2,1-2H3. The fourth-order valence-electron chi connectivity index (χ4n) is 3.51. The van der Waals surface area contributed by atoms with E-state index in [9.17, 15) is 14.0 Å². The molecule has 0 N–H and O–H groups in total. The number of benzene rings is 2. The first kappa shape index (κ1) is 21.5. The summed E-state index contributed by atoms with van der Waals surface area (Å²) in [4.78, 5) is 28.9. The summed E-state index contributed by atoms with van der Waals surface area (Å²) in [6.45, 7) is 1.79. The summed E-state index contributed by atoms with van der Waals surface area (Å²) in [5.41, 5.74) is 2.49. The fourth-order valence-corrected chi connectivity index (χ4v) is 3.51. The van der Waals surface area contributed by atoms with E-state index in [0.717, 1.165) is 11.1 Å². The van der Waals surface area contributed by atoms with Crippen LogP contribution < -0.4 is 0 Å². The second-order valence-corrected chi connectivity index (χ2v) is 7.06. The van der Waals surface area contributed by atoms with Crippen LogP contribution in [0.2, 0.25) is 0 Å². The Balaban J connectivity index is 1.86. The summed E-state index contributed by atoms with van der Waals surface area (Å²) >= 11 is 0. The van der Waals surface area contributed by atoms with Gasteiger partial charge in [0, 0.05) is 19.6 Å². The van der Waals surface area contributed by atoms with Gasteiger partial charge in [-0.05, 0) is 29.7 Å². The molecule has 1 heterocycles. The Labute approximate surface area is 175 Å². The highest BCUT2D eigenvalue weighted by atomic mass is 19.1. The highest BCUT2D eigenvalue weighted by Gasteiger charge is 2.34. The smallest absolute Gasteiger partial charge is 0.354 e. The Morgan fingerprint density at radius 1 is 0.933 bits per heavy atom. The van der Waals surface area contributed by atoms with Crippen molar-refractivity contribution in [1.29, 1.82) is 0 Å². The van der Waals surface area contributed by atoms with Gasteiger partial charge in [-0.15, -0.1) is 0 Å². The van der Waals surface area contributed by atoms with Crippen molar-refractivity contribution in [2.24, 2.45) is 0 Å². The van der Waals surface area contributed by atoms with Crippen molar-refractivity contribution in [3.63, 3.8) is 0 Å². The Kier molecular flexibility index (Phi) is 7.19. The third-order valence-electron chi connectivity index (χ3n) is 5.01. The lowest BCUT2D eigenvalue weighted by Gasteiger charge is -2.38. The van der Waals surface area contributed by atoms with Crippen LogP contribution in [0.4, 0.5) is 4.39 Å². The normalized spacial score (nSPS) is 14.6. The van der Waals surface area contributed by atoms with E-state index >= 15 is 0 Å². The second-order valence-electron chi connectivity index (χ2n) is 7.06. The lowest BCUT2D eigenvalue weighted by molar-refractivity contribution is -0.142. The number of esters is 2. The van der Waals surface area contributed by atoms with Crippen LogP contribution in [-0.4, -0.2) is 55.7 Å². The Morgan fingerprint density at radius 3 is 2.23 bits per heavy atom. The number of hydrogen-bond donors (Lipinski definition) is 0. The van der Waals surface area contributed by atoms with Gasteiger partial charge in [-0.3, -0.25) is 4.90 Å². The molecule has 2 aromatic rings. The topological polar surface area (TPSA) is 59.1 Å². The van der Waals surface area contributed by atoms with E-state index in [-0.39, 0.29) is 23.6 Å². The first-order valence-corrected chi connectivity index (χ1v) is 9.67.